The summed E-state index contributed by atoms with van der Waals surface area (Å²) in [5.41, 5.74) is 0. The third-order valence-electron chi connectivity index (χ3n) is 3.07. The van der Waals surface area contributed by atoms with Crippen LogP contribution in [0.15, 0.2) is 0 Å². The summed E-state index contributed by atoms with van der Waals surface area (Å²) in [5, 5.41) is 0. The van der Waals surface area contributed by atoms with Crippen LogP contribution in [0.2, 0.25) is 0 Å². The van der Waals surface area contributed by atoms with Crippen LogP contribution in [-0.2, 0) is 9.59 Å². The van der Waals surface area contributed by atoms with Crippen LogP contribution in [0.25, 0.3) is 0 Å². The molecule has 0 radical (unpaired) electrons. The molecule has 0 rings (SSSR count). The van der Waals surface area contributed by atoms with Gasteiger partial charge in [-0.15, -0.1) is 0 Å². The fraction of sp³-hybridized carbons (Fsp3) is 0.875. The lowest BCUT2D eigenvalue weighted by Crippen LogP contribution is -2.25. The Morgan fingerprint density at radius 3 is 1.15 bits per heavy atom. The summed E-state index contributed by atoms with van der Waals surface area (Å²) in [6, 6.07) is 0. The molecule has 0 aliphatic heterocycles. The molecule has 0 N–H and O–H groups in total. The smallest absolute Gasteiger partial charge is 0.136 e. The molecule has 0 bridgehead atoms. The van der Waals surface area contributed by atoms with Crippen molar-refractivity contribution in [1.82, 2.24) is 9.80 Å². The van der Waals surface area contributed by atoms with Gasteiger partial charge in [0, 0.05) is 37.8 Å². The average molecular weight is 286 g/mol. The van der Waals surface area contributed by atoms with E-state index in [2.05, 4.69) is 0 Å². The van der Waals surface area contributed by atoms with E-state index in [0.717, 1.165) is 13.1 Å². The fourth-order valence-electron chi connectivity index (χ4n) is 2.00. The Morgan fingerprint density at radius 2 is 1.00 bits per heavy atom. The number of rotatable bonds is 8. The van der Waals surface area contributed by atoms with Gasteiger partial charge in [0.05, 0.1) is 0 Å². The first kappa shape index (κ1) is 21.6. The predicted molar refractivity (Wildman–Crippen MR) is 86.0 cm³/mol. The van der Waals surface area contributed by atoms with Crippen molar-refractivity contribution in [2.24, 2.45) is 11.8 Å². The van der Waals surface area contributed by atoms with Crippen LogP contribution in [0.3, 0.4) is 0 Å². The Labute approximate surface area is 125 Å². The summed E-state index contributed by atoms with van der Waals surface area (Å²) in [5.74, 6) is 1.10. The lowest BCUT2D eigenvalue weighted by molar-refractivity contribution is -0.123. The Bertz CT molecular complexity index is 248. The zero-order valence-corrected chi connectivity index (χ0v) is 14.7. The Balaban J connectivity index is 0. The summed E-state index contributed by atoms with van der Waals surface area (Å²) < 4.78 is 0. The maximum Gasteiger partial charge on any atom is 0.136 e. The van der Waals surface area contributed by atoms with Gasteiger partial charge in [-0.2, -0.15) is 0 Å². The maximum atomic E-state index is 11.0. The third kappa shape index (κ3) is 12.3. The minimum atomic E-state index is 0.194. The van der Waals surface area contributed by atoms with E-state index in [1.54, 1.807) is 0 Å². The maximum absolute atomic E-state index is 11.0. The highest BCUT2D eigenvalue weighted by atomic mass is 16.1. The molecule has 0 aliphatic carbocycles. The van der Waals surface area contributed by atoms with Crippen LogP contribution in [0, 0.1) is 11.8 Å². The molecule has 0 saturated carbocycles. The molecule has 2 atom stereocenters. The van der Waals surface area contributed by atoms with Gasteiger partial charge in [-0.3, -0.25) is 9.59 Å². The van der Waals surface area contributed by atoms with Crippen LogP contribution < -0.4 is 0 Å². The standard InChI is InChI=1S/2C8H17NO/c2*1-5-8(10)7(2)6-9(3)4/h2*7H,5-6H2,1-4H3/t7-;/m1./s1. The van der Waals surface area contributed by atoms with Gasteiger partial charge in [-0.25, -0.2) is 0 Å². The Kier molecular flexibility index (Phi) is 13.0. The molecule has 20 heavy (non-hydrogen) atoms. The van der Waals surface area contributed by atoms with E-state index in [1.165, 1.54) is 0 Å². The summed E-state index contributed by atoms with van der Waals surface area (Å²) in [4.78, 5) is 26.1. The number of hydrogen-bond acceptors (Lipinski definition) is 4. The molecule has 0 saturated heterocycles. The van der Waals surface area contributed by atoms with Crippen LogP contribution >= 0.6 is 0 Å². The van der Waals surface area contributed by atoms with Crippen molar-refractivity contribution in [2.45, 2.75) is 40.5 Å². The second-order valence-electron chi connectivity index (χ2n) is 5.97. The topological polar surface area (TPSA) is 40.6 Å². The van der Waals surface area contributed by atoms with E-state index in [-0.39, 0.29) is 11.8 Å². The highest BCUT2D eigenvalue weighted by molar-refractivity contribution is 5.80. The van der Waals surface area contributed by atoms with Gasteiger partial charge in [-0.05, 0) is 28.2 Å². The number of hydrogen-bond donors (Lipinski definition) is 0. The van der Waals surface area contributed by atoms with Crippen LogP contribution in [0.1, 0.15) is 40.5 Å². The van der Waals surface area contributed by atoms with Gasteiger partial charge in [0.25, 0.3) is 0 Å². The SMILES string of the molecule is CCC(=O)C(C)CN(C)C.CCC(=O)[C@H](C)CN(C)C. The van der Waals surface area contributed by atoms with E-state index in [4.69, 9.17) is 0 Å². The molecular formula is C16H34N2O2. The summed E-state index contributed by atoms with van der Waals surface area (Å²) >= 11 is 0. The predicted octanol–water partition coefficient (Wildman–Crippen LogP) is 2.33. The monoisotopic (exact) mass is 286 g/mol. The van der Waals surface area contributed by atoms with Crippen molar-refractivity contribution < 1.29 is 9.59 Å². The molecule has 0 spiro atoms. The third-order valence-corrected chi connectivity index (χ3v) is 3.07. The zero-order chi connectivity index (χ0) is 16.3. The molecule has 0 aromatic carbocycles. The molecular weight excluding hydrogens is 252 g/mol. The van der Waals surface area contributed by atoms with Crippen molar-refractivity contribution >= 4 is 11.6 Å². The van der Waals surface area contributed by atoms with Crippen molar-refractivity contribution in [3.63, 3.8) is 0 Å². The van der Waals surface area contributed by atoms with E-state index in [9.17, 15) is 9.59 Å². The summed E-state index contributed by atoms with van der Waals surface area (Å²) in [6.07, 6.45) is 1.32. The number of ketones is 2. The summed E-state index contributed by atoms with van der Waals surface area (Å²) in [6.45, 7) is 9.51. The van der Waals surface area contributed by atoms with E-state index >= 15 is 0 Å². The fourth-order valence-corrected chi connectivity index (χ4v) is 2.00. The van der Waals surface area contributed by atoms with Gasteiger partial charge in [0.2, 0.25) is 0 Å². The largest absolute Gasteiger partial charge is 0.309 e. The molecule has 0 heterocycles. The lowest BCUT2D eigenvalue weighted by Gasteiger charge is -2.14. The van der Waals surface area contributed by atoms with Gasteiger partial charge in [-0.1, -0.05) is 27.7 Å². The van der Waals surface area contributed by atoms with Crippen LogP contribution in [-0.4, -0.2) is 62.6 Å². The quantitative estimate of drug-likeness (QED) is 0.686. The molecule has 0 aromatic heterocycles. The highest BCUT2D eigenvalue weighted by Gasteiger charge is 2.11. The molecule has 4 nitrogen and oxygen atoms in total. The number of nitrogens with zero attached hydrogens (tertiary/aromatic N) is 2. The molecule has 0 amide bonds. The van der Waals surface area contributed by atoms with Crippen molar-refractivity contribution in [3.8, 4) is 0 Å². The van der Waals surface area contributed by atoms with E-state index in [0.29, 0.717) is 24.4 Å². The minimum Gasteiger partial charge on any atom is -0.309 e. The highest BCUT2D eigenvalue weighted by Crippen LogP contribution is 2.01. The van der Waals surface area contributed by atoms with Gasteiger partial charge in [0.15, 0.2) is 0 Å². The first-order chi connectivity index (χ1) is 9.15. The zero-order valence-electron chi connectivity index (χ0n) is 14.7. The second kappa shape index (κ2) is 12.0. The second-order valence-corrected chi connectivity index (χ2v) is 5.97. The van der Waals surface area contributed by atoms with Crippen LogP contribution in [0.5, 0.6) is 0 Å². The van der Waals surface area contributed by atoms with Crippen LogP contribution in [0.4, 0.5) is 0 Å². The van der Waals surface area contributed by atoms with Gasteiger partial charge in [0.1, 0.15) is 11.6 Å². The van der Waals surface area contributed by atoms with Gasteiger partial charge < -0.3 is 9.80 Å². The van der Waals surface area contributed by atoms with Crippen molar-refractivity contribution in [1.29, 1.82) is 0 Å². The molecule has 120 valence electrons. The molecule has 4 heteroatoms. The molecule has 0 fully saturated rings. The summed E-state index contributed by atoms with van der Waals surface area (Å²) in [7, 11) is 7.94. The van der Waals surface area contributed by atoms with Crippen molar-refractivity contribution in [2.75, 3.05) is 41.3 Å². The Morgan fingerprint density at radius 1 is 0.750 bits per heavy atom. The van der Waals surface area contributed by atoms with Gasteiger partial charge >= 0.3 is 0 Å². The first-order valence-electron chi connectivity index (χ1n) is 7.50. The normalized spacial score (nSPS) is 13.7. The number of carbonyl (C=O) groups is 2. The molecule has 0 aliphatic rings. The van der Waals surface area contributed by atoms with E-state index < -0.39 is 0 Å². The first-order valence-corrected chi connectivity index (χ1v) is 7.50. The van der Waals surface area contributed by atoms with Crippen molar-refractivity contribution in [3.05, 3.63) is 0 Å². The minimum absolute atomic E-state index is 0.194. The molecule has 0 aromatic rings. The Hall–Kier alpha value is -0.740. The average Bonchev–Trinajstić information content (AvgIpc) is 2.35. The number of carbonyl (C=O) groups excluding carboxylic acids is 2. The lowest BCUT2D eigenvalue weighted by atomic mass is 10.0. The number of Topliss-reactive ketones (excluding diaryl/α,β-unsaturated/α-hetero) is 2. The van der Waals surface area contributed by atoms with E-state index in [1.807, 2.05) is 65.7 Å². The molecule has 1 unspecified atom stereocenters.